The summed E-state index contributed by atoms with van der Waals surface area (Å²) in [5.74, 6) is 0.922. The van der Waals surface area contributed by atoms with Crippen LogP contribution in [-0.4, -0.2) is 32.0 Å². The summed E-state index contributed by atoms with van der Waals surface area (Å²) >= 11 is 1.91. The molecule has 2 N–H and O–H groups in total. The van der Waals surface area contributed by atoms with E-state index in [-0.39, 0.29) is 0 Å². The Labute approximate surface area is 101 Å². The highest BCUT2D eigenvalue weighted by molar-refractivity contribution is 8.00. The number of thioether (sulfide) groups is 1. The molecule has 2 unspecified atom stereocenters. The van der Waals surface area contributed by atoms with Gasteiger partial charge in [-0.3, -0.25) is 0 Å². The van der Waals surface area contributed by atoms with Gasteiger partial charge in [0, 0.05) is 28.4 Å². The zero-order valence-electron chi connectivity index (χ0n) is 9.91. The third-order valence-electron chi connectivity index (χ3n) is 2.81. The molecule has 0 saturated carbocycles. The number of rotatable bonds is 3. The lowest BCUT2D eigenvalue weighted by Crippen LogP contribution is -2.38. The van der Waals surface area contributed by atoms with E-state index in [4.69, 9.17) is 4.74 Å². The summed E-state index contributed by atoms with van der Waals surface area (Å²) < 4.78 is 5.25. The van der Waals surface area contributed by atoms with Crippen molar-refractivity contribution in [1.29, 1.82) is 0 Å². The zero-order chi connectivity index (χ0) is 11.5. The van der Waals surface area contributed by atoms with Crippen LogP contribution in [0.3, 0.4) is 0 Å². The van der Waals surface area contributed by atoms with Crippen molar-refractivity contribution in [2.45, 2.75) is 23.1 Å². The van der Waals surface area contributed by atoms with Crippen LogP contribution in [-0.2, 0) is 0 Å². The predicted molar refractivity (Wildman–Crippen MR) is 69.7 cm³/mol. The van der Waals surface area contributed by atoms with Crippen molar-refractivity contribution in [2.24, 2.45) is 0 Å². The summed E-state index contributed by atoms with van der Waals surface area (Å²) in [6.45, 7) is 3.23. The Bertz CT molecular complexity index is 370. The van der Waals surface area contributed by atoms with Crippen LogP contribution in [0.15, 0.2) is 23.1 Å². The maximum absolute atomic E-state index is 5.25. The van der Waals surface area contributed by atoms with E-state index in [0.29, 0.717) is 11.3 Å². The van der Waals surface area contributed by atoms with Gasteiger partial charge in [-0.15, -0.1) is 11.8 Å². The van der Waals surface area contributed by atoms with Gasteiger partial charge in [-0.2, -0.15) is 0 Å². The van der Waals surface area contributed by atoms with Crippen LogP contribution in [0.1, 0.15) is 6.92 Å². The van der Waals surface area contributed by atoms with E-state index in [9.17, 15) is 0 Å². The number of hydrogen-bond donors (Lipinski definition) is 2. The van der Waals surface area contributed by atoms with Gasteiger partial charge in [-0.05, 0) is 32.2 Å². The minimum Gasteiger partial charge on any atom is -0.497 e. The summed E-state index contributed by atoms with van der Waals surface area (Å²) in [6.07, 6.45) is 0. The second-order valence-corrected chi connectivity index (χ2v) is 5.29. The van der Waals surface area contributed by atoms with E-state index < -0.39 is 0 Å². The van der Waals surface area contributed by atoms with Gasteiger partial charge in [0.15, 0.2) is 0 Å². The third-order valence-corrected chi connectivity index (χ3v) is 4.28. The summed E-state index contributed by atoms with van der Waals surface area (Å²) in [4.78, 5) is 1.28. The van der Waals surface area contributed by atoms with Gasteiger partial charge >= 0.3 is 0 Å². The lowest BCUT2D eigenvalue weighted by molar-refractivity contribution is 0.413. The molecule has 1 aliphatic heterocycles. The predicted octanol–water partition coefficient (Wildman–Crippen LogP) is 2.19. The molecule has 88 valence electrons. The maximum Gasteiger partial charge on any atom is 0.120 e. The van der Waals surface area contributed by atoms with Crippen molar-refractivity contribution in [1.82, 2.24) is 5.32 Å². The van der Waals surface area contributed by atoms with E-state index in [0.717, 1.165) is 12.3 Å². The molecule has 16 heavy (non-hydrogen) atoms. The first-order valence-corrected chi connectivity index (χ1v) is 6.38. The maximum atomic E-state index is 5.25. The smallest absolute Gasteiger partial charge is 0.120 e. The minimum atomic E-state index is 0.485. The third kappa shape index (κ3) is 2.28. The number of fused-ring (bicyclic) bond motifs is 1. The molecule has 0 spiro atoms. The Hall–Kier alpha value is -0.870. The van der Waals surface area contributed by atoms with E-state index >= 15 is 0 Å². The number of nitrogens with one attached hydrogen (secondary N) is 2. The molecule has 2 rings (SSSR count). The van der Waals surface area contributed by atoms with E-state index in [2.05, 4.69) is 29.7 Å². The Morgan fingerprint density at radius 1 is 1.50 bits per heavy atom. The summed E-state index contributed by atoms with van der Waals surface area (Å²) in [7, 11) is 3.70. The molecule has 4 heteroatoms. The molecule has 3 nitrogen and oxygen atoms in total. The van der Waals surface area contributed by atoms with Gasteiger partial charge in [0.25, 0.3) is 0 Å². The average Bonchev–Trinajstić information content (AvgIpc) is 2.30. The lowest BCUT2D eigenvalue weighted by Gasteiger charge is -2.31. The minimum absolute atomic E-state index is 0.485. The van der Waals surface area contributed by atoms with Gasteiger partial charge < -0.3 is 15.4 Å². The molecule has 0 saturated heterocycles. The molecule has 1 aromatic rings. The van der Waals surface area contributed by atoms with Gasteiger partial charge in [-0.1, -0.05) is 0 Å². The fourth-order valence-corrected chi connectivity index (χ4v) is 3.16. The molecule has 1 aromatic carbocycles. The number of methoxy groups -OCH3 is 1. The van der Waals surface area contributed by atoms with Gasteiger partial charge in [0.05, 0.1) is 7.11 Å². The average molecular weight is 238 g/mol. The normalized spacial score (nSPS) is 23.4. The topological polar surface area (TPSA) is 33.3 Å². The van der Waals surface area contributed by atoms with E-state index in [1.807, 2.05) is 24.9 Å². The fourth-order valence-electron chi connectivity index (χ4n) is 1.87. The number of benzene rings is 1. The number of anilines is 1. The molecule has 0 aliphatic carbocycles. The molecule has 1 aliphatic rings. The Kier molecular flexibility index (Phi) is 3.61. The molecule has 0 bridgehead atoms. The molecule has 1 heterocycles. The van der Waals surface area contributed by atoms with Crippen LogP contribution in [0, 0.1) is 0 Å². The molecular formula is C12H18N2OS. The fraction of sp³-hybridized carbons (Fsp3) is 0.500. The highest BCUT2D eigenvalue weighted by Gasteiger charge is 2.25. The second kappa shape index (κ2) is 4.97. The van der Waals surface area contributed by atoms with Gasteiger partial charge in [0.1, 0.15) is 5.75 Å². The van der Waals surface area contributed by atoms with Crippen LogP contribution in [0.2, 0.25) is 0 Å². The molecule has 0 fully saturated rings. The standard InChI is InChI=1S/C12H18N2OS/c1-8-12(7-13-2)16-11-6-9(15-3)4-5-10(11)14-8/h4-6,8,12-14H,7H2,1-3H3. The summed E-state index contributed by atoms with van der Waals surface area (Å²) in [6, 6.07) is 6.67. The van der Waals surface area contributed by atoms with Crippen LogP contribution in [0.4, 0.5) is 5.69 Å². The summed E-state index contributed by atoms with van der Waals surface area (Å²) in [5, 5.41) is 7.32. The Morgan fingerprint density at radius 3 is 3.00 bits per heavy atom. The highest BCUT2D eigenvalue weighted by atomic mass is 32.2. The van der Waals surface area contributed by atoms with E-state index in [1.54, 1.807) is 7.11 Å². The molecule has 2 atom stereocenters. The van der Waals surface area contributed by atoms with Crippen LogP contribution >= 0.6 is 11.8 Å². The van der Waals surface area contributed by atoms with Crippen molar-refractivity contribution in [3.63, 3.8) is 0 Å². The van der Waals surface area contributed by atoms with Gasteiger partial charge in [0.2, 0.25) is 0 Å². The SMILES string of the molecule is CNCC1Sc2cc(OC)ccc2NC1C. The van der Waals surface area contributed by atoms with Crippen molar-refractivity contribution in [3.8, 4) is 5.75 Å². The molecule has 0 amide bonds. The second-order valence-electron chi connectivity index (χ2n) is 4.01. The van der Waals surface area contributed by atoms with Crippen LogP contribution in [0.25, 0.3) is 0 Å². The zero-order valence-corrected chi connectivity index (χ0v) is 10.7. The Balaban J connectivity index is 2.22. The van der Waals surface area contributed by atoms with Crippen molar-refractivity contribution in [3.05, 3.63) is 18.2 Å². The first kappa shape index (κ1) is 11.6. The molecule has 0 aromatic heterocycles. The first-order chi connectivity index (χ1) is 7.74. The number of hydrogen-bond acceptors (Lipinski definition) is 4. The number of ether oxygens (including phenoxy) is 1. The quantitative estimate of drug-likeness (QED) is 0.845. The van der Waals surface area contributed by atoms with Crippen molar-refractivity contribution in [2.75, 3.05) is 26.0 Å². The summed E-state index contributed by atoms with van der Waals surface area (Å²) in [5.41, 5.74) is 1.21. The highest BCUT2D eigenvalue weighted by Crippen LogP contribution is 2.39. The van der Waals surface area contributed by atoms with Crippen LogP contribution < -0.4 is 15.4 Å². The van der Waals surface area contributed by atoms with Gasteiger partial charge in [-0.25, -0.2) is 0 Å². The molecule has 0 radical (unpaired) electrons. The van der Waals surface area contributed by atoms with Crippen LogP contribution in [0.5, 0.6) is 5.75 Å². The van der Waals surface area contributed by atoms with E-state index in [1.165, 1.54) is 10.6 Å². The largest absolute Gasteiger partial charge is 0.497 e. The Morgan fingerprint density at radius 2 is 2.31 bits per heavy atom. The first-order valence-electron chi connectivity index (χ1n) is 5.50. The molecular weight excluding hydrogens is 220 g/mol. The lowest BCUT2D eigenvalue weighted by atomic mass is 10.2. The van der Waals surface area contributed by atoms with Crippen molar-refractivity contribution >= 4 is 17.4 Å². The monoisotopic (exact) mass is 238 g/mol. The van der Waals surface area contributed by atoms with Crippen molar-refractivity contribution < 1.29 is 4.74 Å².